The molecule has 19 heavy (non-hydrogen) atoms. The summed E-state index contributed by atoms with van der Waals surface area (Å²) in [6, 6.07) is 0. The highest BCUT2D eigenvalue weighted by atomic mass is 16.5. The van der Waals surface area contributed by atoms with Gasteiger partial charge in [-0.1, -0.05) is 24.3 Å². The zero-order chi connectivity index (χ0) is 14.2. The predicted octanol–water partition coefficient (Wildman–Crippen LogP) is 2.63. The van der Waals surface area contributed by atoms with Gasteiger partial charge in [0.15, 0.2) is 0 Å². The Morgan fingerprint density at radius 1 is 1.42 bits per heavy atom. The quantitative estimate of drug-likeness (QED) is 0.473. The van der Waals surface area contributed by atoms with Crippen molar-refractivity contribution in [2.45, 2.75) is 32.8 Å². The highest BCUT2D eigenvalue weighted by molar-refractivity contribution is 5.88. The van der Waals surface area contributed by atoms with E-state index in [4.69, 9.17) is 4.74 Å². The van der Waals surface area contributed by atoms with Crippen molar-refractivity contribution in [2.75, 3.05) is 7.11 Å². The number of fused-ring (bicyclic) bond motifs is 1. The third-order valence-electron chi connectivity index (χ3n) is 4.56. The van der Waals surface area contributed by atoms with Crippen LogP contribution in [-0.2, 0) is 9.53 Å². The standard InChI is InChI=1S/C16H22O3/c1-9-5-6-12(11(3)16(18)19-4)14-7-10(2)15(17)8-13(9)14/h5,7,12-15,17H,3,6,8H2,1-2,4H3/t12-,13-,14-,15-/m0/s1. The second-order valence-corrected chi connectivity index (χ2v) is 5.65. The Labute approximate surface area is 114 Å². The van der Waals surface area contributed by atoms with Gasteiger partial charge in [-0.25, -0.2) is 4.79 Å². The maximum Gasteiger partial charge on any atom is 0.333 e. The van der Waals surface area contributed by atoms with Crippen LogP contribution in [0, 0.1) is 17.8 Å². The fourth-order valence-electron chi connectivity index (χ4n) is 3.28. The Bertz CT molecular complexity index is 459. The van der Waals surface area contributed by atoms with Crippen LogP contribution < -0.4 is 0 Å². The molecule has 0 aromatic rings. The minimum absolute atomic E-state index is 0.0867. The Kier molecular flexibility index (Phi) is 3.95. The van der Waals surface area contributed by atoms with Crippen LogP contribution in [-0.4, -0.2) is 24.3 Å². The van der Waals surface area contributed by atoms with E-state index in [1.165, 1.54) is 12.7 Å². The molecule has 3 heteroatoms. The molecule has 3 nitrogen and oxygen atoms in total. The van der Waals surface area contributed by atoms with Gasteiger partial charge in [-0.15, -0.1) is 0 Å². The number of carbonyl (C=O) groups excluding carboxylic acids is 1. The number of methoxy groups -OCH3 is 1. The van der Waals surface area contributed by atoms with E-state index in [0.717, 1.165) is 18.4 Å². The molecule has 2 aliphatic carbocycles. The molecule has 0 fully saturated rings. The molecule has 0 saturated carbocycles. The summed E-state index contributed by atoms with van der Waals surface area (Å²) < 4.78 is 4.79. The van der Waals surface area contributed by atoms with Gasteiger partial charge >= 0.3 is 5.97 Å². The van der Waals surface area contributed by atoms with E-state index in [1.54, 1.807) is 0 Å². The summed E-state index contributed by atoms with van der Waals surface area (Å²) in [5.74, 6) is 0.316. The molecule has 104 valence electrons. The number of rotatable bonds is 2. The van der Waals surface area contributed by atoms with Gasteiger partial charge in [0.1, 0.15) is 0 Å². The largest absolute Gasteiger partial charge is 0.466 e. The average Bonchev–Trinajstić information content (AvgIpc) is 2.40. The minimum atomic E-state index is -0.366. The smallest absolute Gasteiger partial charge is 0.333 e. The number of carbonyl (C=O) groups is 1. The van der Waals surface area contributed by atoms with Crippen LogP contribution in [0.1, 0.15) is 26.7 Å². The molecule has 0 heterocycles. The monoisotopic (exact) mass is 262 g/mol. The molecular formula is C16H22O3. The summed E-state index contributed by atoms with van der Waals surface area (Å²) in [5.41, 5.74) is 2.85. The normalized spacial score (nSPS) is 33.9. The number of hydrogen-bond donors (Lipinski definition) is 1. The topological polar surface area (TPSA) is 46.5 Å². The predicted molar refractivity (Wildman–Crippen MR) is 74.4 cm³/mol. The molecule has 0 radical (unpaired) electrons. The van der Waals surface area contributed by atoms with Gasteiger partial charge < -0.3 is 9.84 Å². The van der Waals surface area contributed by atoms with Gasteiger partial charge in [0, 0.05) is 11.5 Å². The molecule has 0 bridgehead atoms. The number of aliphatic hydroxyl groups is 1. The molecule has 0 aliphatic heterocycles. The maximum atomic E-state index is 11.7. The lowest BCUT2D eigenvalue weighted by Gasteiger charge is -2.41. The van der Waals surface area contributed by atoms with Crippen molar-refractivity contribution in [2.24, 2.45) is 17.8 Å². The first kappa shape index (κ1) is 14.1. The number of hydrogen-bond acceptors (Lipinski definition) is 3. The zero-order valence-corrected chi connectivity index (χ0v) is 11.8. The second-order valence-electron chi connectivity index (χ2n) is 5.65. The summed E-state index contributed by atoms with van der Waals surface area (Å²) in [6.45, 7) is 7.97. The van der Waals surface area contributed by atoms with Crippen LogP contribution in [0.2, 0.25) is 0 Å². The van der Waals surface area contributed by atoms with Gasteiger partial charge in [-0.05, 0) is 44.1 Å². The Morgan fingerprint density at radius 2 is 2.11 bits per heavy atom. The van der Waals surface area contributed by atoms with Crippen LogP contribution in [0.25, 0.3) is 0 Å². The van der Waals surface area contributed by atoms with Crippen molar-refractivity contribution in [3.8, 4) is 0 Å². The van der Waals surface area contributed by atoms with Crippen molar-refractivity contribution in [1.82, 2.24) is 0 Å². The molecule has 4 atom stereocenters. The molecule has 2 rings (SSSR count). The van der Waals surface area contributed by atoms with Gasteiger partial charge in [0.25, 0.3) is 0 Å². The van der Waals surface area contributed by atoms with E-state index in [-0.39, 0.29) is 23.9 Å². The zero-order valence-electron chi connectivity index (χ0n) is 11.8. The average molecular weight is 262 g/mol. The molecule has 0 spiro atoms. The van der Waals surface area contributed by atoms with Crippen LogP contribution in [0.3, 0.4) is 0 Å². The third kappa shape index (κ3) is 2.52. The van der Waals surface area contributed by atoms with E-state index in [1.807, 2.05) is 6.92 Å². The highest BCUT2D eigenvalue weighted by Gasteiger charge is 2.39. The van der Waals surface area contributed by atoms with Crippen molar-refractivity contribution >= 4 is 5.97 Å². The van der Waals surface area contributed by atoms with E-state index in [2.05, 4.69) is 25.7 Å². The summed E-state index contributed by atoms with van der Waals surface area (Å²) in [6.07, 6.45) is 5.48. The Balaban J connectivity index is 2.32. The van der Waals surface area contributed by atoms with Gasteiger partial charge in [-0.2, -0.15) is 0 Å². The lowest BCUT2D eigenvalue weighted by atomic mass is 9.64. The minimum Gasteiger partial charge on any atom is -0.466 e. The molecule has 0 aromatic heterocycles. The summed E-state index contributed by atoms with van der Waals surface area (Å²) >= 11 is 0. The van der Waals surface area contributed by atoms with Gasteiger partial charge in [0.2, 0.25) is 0 Å². The van der Waals surface area contributed by atoms with E-state index < -0.39 is 0 Å². The van der Waals surface area contributed by atoms with E-state index in [0.29, 0.717) is 11.5 Å². The maximum absolute atomic E-state index is 11.7. The molecule has 1 N–H and O–H groups in total. The molecule has 2 aliphatic rings. The van der Waals surface area contributed by atoms with Crippen LogP contribution in [0.5, 0.6) is 0 Å². The lowest BCUT2D eigenvalue weighted by molar-refractivity contribution is -0.137. The lowest BCUT2D eigenvalue weighted by Crippen LogP contribution is -2.36. The number of ether oxygens (including phenoxy) is 1. The van der Waals surface area contributed by atoms with Crippen LogP contribution in [0.4, 0.5) is 0 Å². The van der Waals surface area contributed by atoms with Crippen LogP contribution >= 0.6 is 0 Å². The Morgan fingerprint density at radius 3 is 2.74 bits per heavy atom. The number of aliphatic hydroxyl groups excluding tert-OH is 1. The second kappa shape index (κ2) is 5.33. The van der Waals surface area contributed by atoms with Crippen molar-refractivity contribution in [1.29, 1.82) is 0 Å². The molecule has 0 amide bonds. The van der Waals surface area contributed by atoms with E-state index >= 15 is 0 Å². The summed E-state index contributed by atoms with van der Waals surface area (Å²) in [4.78, 5) is 11.7. The SMILES string of the molecule is C=C(C(=O)OC)[C@@H]1CC=C(C)[C@@H]2C[C@H](O)C(C)=C[C@@H]12. The number of esters is 1. The summed E-state index contributed by atoms with van der Waals surface area (Å²) in [7, 11) is 1.39. The van der Waals surface area contributed by atoms with Crippen LogP contribution in [0.15, 0.2) is 35.5 Å². The van der Waals surface area contributed by atoms with Crippen molar-refractivity contribution in [3.63, 3.8) is 0 Å². The number of allylic oxidation sites excluding steroid dienone is 3. The molecule has 0 aromatic carbocycles. The van der Waals surface area contributed by atoms with Crippen molar-refractivity contribution < 1.29 is 14.6 Å². The first-order chi connectivity index (χ1) is 8.95. The highest BCUT2D eigenvalue weighted by Crippen LogP contribution is 2.45. The van der Waals surface area contributed by atoms with E-state index in [9.17, 15) is 9.90 Å². The van der Waals surface area contributed by atoms with Gasteiger partial charge in [0.05, 0.1) is 13.2 Å². The fourth-order valence-corrected chi connectivity index (χ4v) is 3.28. The summed E-state index contributed by atoms with van der Waals surface area (Å²) in [5, 5.41) is 10.0. The third-order valence-corrected chi connectivity index (χ3v) is 4.56. The first-order valence-corrected chi connectivity index (χ1v) is 6.75. The molecule has 0 saturated heterocycles. The Hall–Kier alpha value is -1.35. The first-order valence-electron chi connectivity index (χ1n) is 6.75. The van der Waals surface area contributed by atoms with Crippen molar-refractivity contribution in [3.05, 3.63) is 35.5 Å². The molecular weight excluding hydrogens is 240 g/mol. The molecule has 0 unspecified atom stereocenters. The fraction of sp³-hybridized carbons (Fsp3) is 0.562. The van der Waals surface area contributed by atoms with Gasteiger partial charge in [-0.3, -0.25) is 0 Å².